The van der Waals surface area contributed by atoms with Crippen molar-refractivity contribution in [1.82, 2.24) is 4.98 Å². The molecule has 1 aromatic heterocycles. The Bertz CT molecular complexity index is 822. The number of rotatable bonds is 2. The lowest BCUT2D eigenvalue weighted by Gasteiger charge is -2.16. The molecular formula is C14H4F8N2. The quantitative estimate of drug-likeness (QED) is 0.452. The first-order chi connectivity index (χ1) is 11.1. The van der Waals surface area contributed by atoms with Crippen LogP contribution < -0.4 is 0 Å². The standard InChI is InChI=1S/C14H4F8N2/c15-8-6(9(16)11(18)12(19)10(8)17)13-7(14(20,21)22)5(1-3-23)2-4-24-13/h2,4H,1H2. The van der Waals surface area contributed by atoms with Gasteiger partial charge in [-0.15, -0.1) is 0 Å². The molecule has 0 spiro atoms. The van der Waals surface area contributed by atoms with E-state index in [1.807, 2.05) is 0 Å². The summed E-state index contributed by atoms with van der Waals surface area (Å²) in [6, 6.07) is 2.18. The van der Waals surface area contributed by atoms with Crippen molar-refractivity contribution in [2.24, 2.45) is 0 Å². The van der Waals surface area contributed by atoms with Gasteiger partial charge in [0.2, 0.25) is 5.82 Å². The third-order valence-corrected chi connectivity index (χ3v) is 3.04. The highest BCUT2D eigenvalue weighted by molar-refractivity contribution is 5.67. The van der Waals surface area contributed by atoms with Crippen molar-refractivity contribution in [2.45, 2.75) is 12.6 Å². The van der Waals surface area contributed by atoms with Gasteiger partial charge < -0.3 is 0 Å². The highest BCUT2D eigenvalue weighted by Gasteiger charge is 2.40. The molecule has 1 heterocycles. The molecule has 0 aliphatic carbocycles. The zero-order chi connectivity index (χ0) is 18.2. The molecule has 126 valence electrons. The number of nitriles is 1. The molecule has 0 atom stereocenters. The van der Waals surface area contributed by atoms with E-state index in [1.165, 1.54) is 6.07 Å². The van der Waals surface area contributed by atoms with Crippen LogP contribution in [0.15, 0.2) is 12.3 Å². The van der Waals surface area contributed by atoms with E-state index < -0.39 is 64.1 Å². The Hall–Kier alpha value is -2.70. The normalized spacial score (nSPS) is 11.5. The summed E-state index contributed by atoms with van der Waals surface area (Å²) in [7, 11) is 0. The fourth-order valence-corrected chi connectivity index (χ4v) is 2.05. The summed E-state index contributed by atoms with van der Waals surface area (Å²) >= 11 is 0. The first kappa shape index (κ1) is 17.7. The Kier molecular flexibility index (Phi) is 4.46. The summed E-state index contributed by atoms with van der Waals surface area (Å²) in [6.07, 6.45) is -5.37. The van der Waals surface area contributed by atoms with Gasteiger partial charge in [-0.05, 0) is 11.6 Å². The van der Waals surface area contributed by atoms with E-state index >= 15 is 0 Å². The van der Waals surface area contributed by atoms with Crippen LogP contribution in [0.4, 0.5) is 35.1 Å². The summed E-state index contributed by atoms with van der Waals surface area (Å²) in [5, 5.41) is 8.55. The number of halogens is 8. The van der Waals surface area contributed by atoms with Crippen LogP contribution in [0.5, 0.6) is 0 Å². The SMILES string of the molecule is N#CCc1ccnc(-c2c(F)c(F)c(F)c(F)c2F)c1C(F)(F)F. The number of aromatic nitrogens is 1. The van der Waals surface area contributed by atoms with Gasteiger partial charge in [0.25, 0.3) is 0 Å². The van der Waals surface area contributed by atoms with Crippen LogP contribution in [0.1, 0.15) is 11.1 Å². The van der Waals surface area contributed by atoms with Crippen molar-refractivity contribution in [3.63, 3.8) is 0 Å². The monoisotopic (exact) mass is 352 g/mol. The molecular weight excluding hydrogens is 348 g/mol. The molecule has 2 rings (SSSR count). The molecule has 1 aromatic carbocycles. The summed E-state index contributed by atoms with van der Waals surface area (Å²) in [5.41, 5.74) is -5.74. The highest BCUT2D eigenvalue weighted by atomic mass is 19.4. The number of nitrogens with zero attached hydrogens (tertiary/aromatic N) is 2. The van der Waals surface area contributed by atoms with Gasteiger partial charge in [-0.1, -0.05) is 0 Å². The van der Waals surface area contributed by atoms with Crippen LogP contribution in [0, 0.1) is 40.4 Å². The molecule has 0 saturated carbocycles. The molecule has 0 amide bonds. The molecule has 10 heteroatoms. The summed E-state index contributed by atoms with van der Waals surface area (Å²) in [5.74, 6) is -12.2. The Morgan fingerprint density at radius 1 is 0.917 bits per heavy atom. The molecule has 0 aliphatic rings. The zero-order valence-corrected chi connectivity index (χ0v) is 11.3. The number of benzene rings is 1. The Morgan fingerprint density at radius 3 is 1.88 bits per heavy atom. The molecule has 0 saturated heterocycles. The second-order valence-electron chi connectivity index (χ2n) is 4.47. The lowest BCUT2D eigenvalue weighted by Crippen LogP contribution is -2.15. The fraction of sp³-hybridized carbons (Fsp3) is 0.143. The van der Waals surface area contributed by atoms with Crippen LogP contribution in [0.25, 0.3) is 11.3 Å². The lowest BCUT2D eigenvalue weighted by molar-refractivity contribution is -0.137. The summed E-state index contributed by atoms with van der Waals surface area (Å²) in [6.45, 7) is 0. The van der Waals surface area contributed by atoms with Crippen LogP contribution in [0.3, 0.4) is 0 Å². The Balaban J connectivity index is 2.95. The summed E-state index contributed by atoms with van der Waals surface area (Å²) < 4.78 is 107. The maximum atomic E-state index is 13.8. The fourth-order valence-electron chi connectivity index (χ4n) is 2.05. The van der Waals surface area contributed by atoms with Crippen molar-refractivity contribution >= 4 is 0 Å². The maximum absolute atomic E-state index is 13.8. The predicted octanol–water partition coefficient (Wildman–Crippen LogP) is 4.53. The molecule has 0 radical (unpaired) electrons. The van der Waals surface area contributed by atoms with E-state index in [9.17, 15) is 35.1 Å². The van der Waals surface area contributed by atoms with Gasteiger partial charge in [-0.3, -0.25) is 4.98 Å². The third-order valence-electron chi connectivity index (χ3n) is 3.04. The molecule has 0 aliphatic heterocycles. The Morgan fingerprint density at radius 2 is 1.42 bits per heavy atom. The minimum atomic E-state index is -5.24. The molecule has 0 N–H and O–H groups in total. The van der Waals surface area contributed by atoms with E-state index in [2.05, 4.69) is 4.98 Å². The van der Waals surface area contributed by atoms with Crippen LogP contribution in [-0.4, -0.2) is 4.98 Å². The van der Waals surface area contributed by atoms with Gasteiger partial charge in [0.05, 0.1) is 29.3 Å². The van der Waals surface area contributed by atoms with Gasteiger partial charge in [-0.25, -0.2) is 22.0 Å². The minimum absolute atomic E-state index is 0.676. The van der Waals surface area contributed by atoms with Gasteiger partial charge in [-0.2, -0.15) is 18.4 Å². The van der Waals surface area contributed by atoms with E-state index in [1.54, 1.807) is 0 Å². The number of hydrogen-bond acceptors (Lipinski definition) is 2. The molecule has 0 unspecified atom stereocenters. The molecule has 2 aromatic rings. The highest BCUT2D eigenvalue weighted by Crippen LogP contribution is 2.41. The molecule has 24 heavy (non-hydrogen) atoms. The van der Waals surface area contributed by atoms with Gasteiger partial charge in [0.15, 0.2) is 23.3 Å². The predicted molar refractivity (Wildman–Crippen MR) is 63.8 cm³/mol. The largest absolute Gasteiger partial charge is 0.418 e. The van der Waals surface area contributed by atoms with Crippen molar-refractivity contribution in [2.75, 3.05) is 0 Å². The Labute approximate surface area is 129 Å². The third kappa shape index (κ3) is 2.77. The first-order valence-electron chi connectivity index (χ1n) is 6.05. The number of hydrogen-bond donors (Lipinski definition) is 0. The average molecular weight is 352 g/mol. The van der Waals surface area contributed by atoms with Crippen molar-refractivity contribution in [1.29, 1.82) is 5.26 Å². The van der Waals surface area contributed by atoms with E-state index in [0.717, 1.165) is 6.07 Å². The van der Waals surface area contributed by atoms with E-state index in [0.29, 0.717) is 6.20 Å². The van der Waals surface area contributed by atoms with E-state index in [-0.39, 0.29) is 0 Å². The molecule has 0 fully saturated rings. The van der Waals surface area contributed by atoms with Gasteiger partial charge in [0.1, 0.15) is 0 Å². The van der Waals surface area contributed by atoms with Crippen molar-refractivity contribution in [3.8, 4) is 17.3 Å². The van der Waals surface area contributed by atoms with Gasteiger partial charge >= 0.3 is 6.18 Å². The first-order valence-corrected chi connectivity index (χ1v) is 6.05. The summed E-state index contributed by atoms with van der Waals surface area (Å²) in [4.78, 5) is 3.13. The number of alkyl halides is 3. The van der Waals surface area contributed by atoms with Crippen molar-refractivity contribution < 1.29 is 35.1 Å². The smallest absolute Gasteiger partial charge is 0.255 e. The van der Waals surface area contributed by atoms with E-state index in [4.69, 9.17) is 5.26 Å². The number of pyridine rings is 1. The molecule has 2 nitrogen and oxygen atoms in total. The lowest BCUT2D eigenvalue weighted by atomic mass is 9.98. The zero-order valence-electron chi connectivity index (χ0n) is 11.3. The van der Waals surface area contributed by atoms with Crippen LogP contribution >= 0.6 is 0 Å². The van der Waals surface area contributed by atoms with Crippen molar-refractivity contribution in [3.05, 3.63) is 52.5 Å². The second kappa shape index (κ2) is 6.07. The minimum Gasteiger partial charge on any atom is -0.255 e. The van der Waals surface area contributed by atoms with Gasteiger partial charge in [0, 0.05) is 6.20 Å². The average Bonchev–Trinajstić information content (AvgIpc) is 2.50. The van der Waals surface area contributed by atoms with Crippen LogP contribution in [-0.2, 0) is 12.6 Å². The topological polar surface area (TPSA) is 36.7 Å². The molecule has 0 bridgehead atoms. The second-order valence-corrected chi connectivity index (χ2v) is 4.47. The maximum Gasteiger partial charge on any atom is 0.418 e. The van der Waals surface area contributed by atoms with Crippen LogP contribution in [0.2, 0.25) is 0 Å².